The van der Waals surface area contributed by atoms with Gasteiger partial charge in [0.25, 0.3) is 0 Å². The van der Waals surface area contributed by atoms with Gasteiger partial charge in [0, 0.05) is 27.3 Å². The summed E-state index contributed by atoms with van der Waals surface area (Å²) in [5.74, 6) is -0.995. The summed E-state index contributed by atoms with van der Waals surface area (Å²) in [5, 5.41) is 11.4. The fourth-order valence-corrected chi connectivity index (χ4v) is 1.35. The lowest BCUT2D eigenvalue weighted by atomic mass is 10.2. The van der Waals surface area contributed by atoms with Crippen LogP contribution in [0.15, 0.2) is 0 Å². The minimum Gasteiger partial charge on any atom is -0.480 e. The van der Waals surface area contributed by atoms with Crippen molar-refractivity contribution in [1.29, 1.82) is 0 Å². The molecule has 0 aromatic heterocycles. The standard InChI is InChI=1S/C11H22N2O4/c1-4-6-9(10(14)15)12-11(16)13(2)7-5-8-17-3/h9H,4-8H2,1-3H3,(H,12,16)(H,14,15). The maximum absolute atomic E-state index is 11.6. The molecule has 0 aliphatic rings. The fourth-order valence-electron chi connectivity index (χ4n) is 1.35. The average molecular weight is 246 g/mol. The van der Waals surface area contributed by atoms with E-state index in [9.17, 15) is 9.59 Å². The van der Waals surface area contributed by atoms with Gasteiger partial charge in [-0.05, 0) is 12.8 Å². The lowest BCUT2D eigenvalue weighted by Gasteiger charge is -2.21. The van der Waals surface area contributed by atoms with Gasteiger partial charge < -0.3 is 20.1 Å². The predicted octanol–water partition coefficient (Wildman–Crippen LogP) is 0.918. The van der Waals surface area contributed by atoms with E-state index in [-0.39, 0.29) is 6.03 Å². The third-order valence-corrected chi connectivity index (χ3v) is 2.36. The summed E-state index contributed by atoms with van der Waals surface area (Å²) >= 11 is 0. The molecule has 2 amide bonds. The first-order valence-electron chi connectivity index (χ1n) is 5.76. The van der Waals surface area contributed by atoms with Crippen molar-refractivity contribution >= 4 is 12.0 Å². The first-order chi connectivity index (χ1) is 8.02. The molecule has 17 heavy (non-hydrogen) atoms. The third-order valence-electron chi connectivity index (χ3n) is 2.36. The van der Waals surface area contributed by atoms with Gasteiger partial charge in [-0.25, -0.2) is 9.59 Å². The maximum Gasteiger partial charge on any atom is 0.326 e. The summed E-state index contributed by atoms with van der Waals surface area (Å²) in [6.07, 6.45) is 1.88. The van der Waals surface area contributed by atoms with Crippen LogP contribution in [0.5, 0.6) is 0 Å². The normalized spacial score (nSPS) is 11.9. The van der Waals surface area contributed by atoms with E-state index < -0.39 is 12.0 Å². The number of hydrogen-bond acceptors (Lipinski definition) is 3. The minimum atomic E-state index is -0.995. The van der Waals surface area contributed by atoms with Crippen LogP contribution in [0, 0.1) is 0 Å². The number of amides is 2. The van der Waals surface area contributed by atoms with Crippen molar-refractivity contribution in [3.05, 3.63) is 0 Å². The summed E-state index contributed by atoms with van der Waals surface area (Å²) in [6, 6.07) is -1.17. The number of rotatable bonds is 8. The highest BCUT2D eigenvalue weighted by molar-refractivity contribution is 5.82. The van der Waals surface area contributed by atoms with Crippen LogP contribution < -0.4 is 5.32 Å². The zero-order valence-corrected chi connectivity index (χ0v) is 10.7. The lowest BCUT2D eigenvalue weighted by molar-refractivity contribution is -0.139. The highest BCUT2D eigenvalue weighted by Crippen LogP contribution is 1.98. The molecule has 0 radical (unpaired) electrons. The van der Waals surface area contributed by atoms with Gasteiger partial charge in [-0.1, -0.05) is 13.3 Å². The average Bonchev–Trinajstić information content (AvgIpc) is 2.28. The molecule has 0 rings (SSSR count). The van der Waals surface area contributed by atoms with E-state index in [4.69, 9.17) is 9.84 Å². The number of carboxylic acids is 1. The minimum absolute atomic E-state index is 0.359. The molecule has 0 saturated carbocycles. The first-order valence-corrected chi connectivity index (χ1v) is 5.76. The van der Waals surface area contributed by atoms with Gasteiger partial charge >= 0.3 is 12.0 Å². The number of methoxy groups -OCH3 is 1. The molecule has 0 spiro atoms. The molecule has 0 aromatic rings. The summed E-state index contributed by atoms with van der Waals surface area (Å²) in [4.78, 5) is 24.0. The Balaban J connectivity index is 4.06. The highest BCUT2D eigenvalue weighted by Gasteiger charge is 2.20. The molecular formula is C11H22N2O4. The Morgan fingerprint density at radius 3 is 2.59 bits per heavy atom. The smallest absolute Gasteiger partial charge is 0.326 e. The van der Waals surface area contributed by atoms with E-state index >= 15 is 0 Å². The molecule has 1 unspecified atom stereocenters. The monoisotopic (exact) mass is 246 g/mol. The summed E-state index contributed by atoms with van der Waals surface area (Å²) < 4.78 is 4.88. The molecule has 6 nitrogen and oxygen atoms in total. The molecular weight excluding hydrogens is 224 g/mol. The van der Waals surface area contributed by atoms with E-state index in [0.717, 1.165) is 6.42 Å². The predicted molar refractivity (Wildman–Crippen MR) is 64.0 cm³/mol. The van der Waals surface area contributed by atoms with Crippen molar-refractivity contribution in [2.45, 2.75) is 32.2 Å². The zero-order valence-electron chi connectivity index (χ0n) is 10.7. The Bertz CT molecular complexity index is 246. The van der Waals surface area contributed by atoms with E-state index in [1.807, 2.05) is 6.92 Å². The number of ether oxygens (including phenoxy) is 1. The van der Waals surface area contributed by atoms with E-state index in [1.165, 1.54) is 4.90 Å². The maximum atomic E-state index is 11.6. The fraction of sp³-hybridized carbons (Fsp3) is 0.818. The van der Waals surface area contributed by atoms with Crippen LogP contribution in [0.3, 0.4) is 0 Å². The van der Waals surface area contributed by atoms with Crippen LogP contribution in [-0.2, 0) is 9.53 Å². The Labute approximate surface area is 102 Å². The van der Waals surface area contributed by atoms with E-state index in [2.05, 4.69) is 5.32 Å². The van der Waals surface area contributed by atoms with Crippen molar-refractivity contribution < 1.29 is 19.4 Å². The topological polar surface area (TPSA) is 78.9 Å². The van der Waals surface area contributed by atoms with Crippen molar-refractivity contribution in [1.82, 2.24) is 10.2 Å². The molecule has 0 bridgehead atoms. The number of carboxylic acid groups (broad SMARTS) is 1. The molecule has 0 heterocycles. The Morgan fingerprint density at radius 1 is 1.47 bits per heavy atom. The van der Waals surface area contributed by atoms with Crippen LogP contribution in [0.25, 0.3) is 0 Å². The number of carbonyl (C=O) groups excluding carboxylic acids is 1. The molecule has 0 aliphatic carbocycles. The van der Waals surface area contributed by atoms with Crippen LogP contribution in [-0.4, -0.2) is 55.4 Å². The summed E-state index contributed by atoms with van der Waals surface area (Å²) in [6.45, 7) is 3.00. The van der Waals surface area contributed by atoms with Crippen LogP contribution in [0.2, 0.25) is 0 Å². The van der Waals surface area contributed by atoms with E-state index in [0.29, 0.717) is 26.0 Å². The highest BCUT2D eigenvalue weighted by atomic mass is 16.5. The van der Waals surface area contributed by atoms with Gasteiger partial charge in [0.15, 0.2) is 0 Å². The van der Waals surface area contributed by atoms with Crippen molar-refractivity contribution in [3.8, 4) is 0 Å². The van der Waals surface area contributed by atoms with Crippen molar-refractivity contribution in [2.75, 3.05) is 27.3 Å². The number of aliphatic carboxylic acids is 1. The molecule has 100 valence electrons. The molecule has 0 fully saturated rings. The zero-order chi connectivity index (χ0) is 13.3. The van der Waals surface area contributed by atoms with Gasteiger partial charge in [0.1, 0.15) is 6.04 Å². The SMILES string of the molecule is CCCC(NC(=O)N(C)CCCOC)C(=O)O. The number of carbonyl (C=O) groups is 2. The van der Waals surface area contributed by atoms with Crippen LogP contribution in [0.4, 0.5) is 4.79 Å². The number of nitrogens with zero attached hydrogens (tertiary/aromatic N) is 1. The Hall–Kier alpha value is -1.30. The third kappa shape index (κ3) is 6.78. The largest absolute Gasteiger partial charge is 0.480 e. The van der Waals surface area contributed by atoms with Crippen molar-refractivity contribution in [3.63, 3.8) is 0 Å². The molecule has 0 aliphatic heterocycles. The molecule has 1 atom stereocenters. The van der Waals surface area contributed by atoms with Crippen molar-refractivity contribution in [2.24, 2.45) is 0 Å². The van der Waals surface area contributed by atoms with Gasteiger partial charge in [0.2, 0.25) is 0 Å². The quantitative estimate of drug-likeness (QED) is 0.624. The Morgan fingerprint density at radius 2 is 2.12 bits per heavy atom. The number of urea groups is 1. The second kappa shape index (κ2) is 8.81. The lowest BCUT2D eigenvalue weighted by Crippen LogP contribution is -2.46. The molecule has 6 heteroatoms. The second-order valence-electron chi connectivity index (χ2n) is 3.90. The van der Waals surface area contributed by atoms with Gasteiger partial charge in [-0.15, -0.1) is 0 Å². The number of nitrogens with one attached hydrogen (secondary N) is 1. The van der Waals surface area contributed by atoms with Gasteiger partial charge in [-0.2, -0.15) is 0 Å². The number of hydrogen-bond donors (Lipinski definition) is 2. The van der Waals surface area contributed by atoms with Gasteiger partial charge in [-0.3, -0.25) is 0 Å². The van der Waals surface area contributed by atoms with Crippen LogP contribution >= 0.6 is 0 Å². The van der Waals surface area contributed by atoms with Crippen LogP contribution in [0.1, 0.15) is 26.2 Å². The van der Waals surface area contributed by atoms with E-state index in [1.54, 1.807) is 14.2 Å². The second-order valence-corrected chi connectivity index (χ2v) is 3.90. The molecule has 0 aromatic carbocycles. The molecule has 0 saturated heterocycles. The first kappa shape index (κ1) is 15.7. The summed E-state index contributed by atoms with van der Waals surface area (Å²) in [5.41, 5.74) is 0. The summed E-state index contributed by atoms with van der Waals surface area (Å²) in [7, 11) is 3.23. The van der Waals surface area contributed by atoms with Gasteiger partial charge in [0.05, 0.1) is 0 Å². The Kier molecular flexibility index (Phi) is 8.13. The molecule has 2 N–H and O–H groups in total.